The van der Waals surface area contributed by atoms with Gasteiger partial charge in [-0.25, -0.2) is 5.01 Å². The molecule has 2 aliphatic heterocycles. The molecule has 4 nitrogen and oxygen atoms in total. The molecular weight excluding hydrogens is 468 g/mol. The predicted molar refractivity (Wildman–Crippen MR) is 129 cm³/mol. The van der Waals surface area contributed by atoms with Crippen molar-refractivity contribution in [3.63, 3.8) is 0 Å². The lowest BCUT2D eigenvalue weighted by Crippen LogP contribution is -2.47. The van der Waals surface area contributed by atoms with E-state index in [0.29, 0.717) is 10.0 Å². The Kier molecular flexibility index (Phi) is 6.54. The highest BCUT2D eigenvalue weighted by atomic mass is 79.9. The summed E-state index contributed by atoms with van der Waals surface area (Å²) in [6.07, 6.45) is 3.68. The summed E-state index contributed by atoms with van der Waals surface area (Å²) in [4.78, 5) is 0.705. The number of anilines is 1. The molecule has 0 bridgehead atoms. The summed E-state index contributed by atoms with van der Waals surface area (Å²) in [7, 11) is 0. The number of hydrogen-bond donors (Lipinski definition) is 1. The molecule has 7 heteroatoms. The van der Waals surface area contributed by atoms with E-state index < -0.39 is 0 Å². The fourth-order valence-electron chi connectivity index (χ4n) is 4.02. The van der Waals surface area contributed by atoms with Crippen LogP contribution in [-0.4, -0.2) is 28.8 Å². The van der Waals surface area contributed by atoms with Crippen molar-refractivity contribution in [2.24, 2.45) is 11.0 Å². The summed E-state index contributed by atoms with van der Waals surface area (Å²) in [5, 5.41) is 9.89. The molecule has 0 amide bonds. The lowest BCUT2D eigenvalue weighted by atomic mass is 9.91. The van der Waals surface area contributed by atoms with Crippen molar-refractivity contribution >= 4 is 56.1 Å². The SMILES string of the molecule is C[C@@H]1C(C(=S)NN2CCCCC2)=NN(c2ccccc2Cl)[C@H]1c1ccc(Br)cc1. The quantitative estimate of drug-likeness (QED) is 0.534. The molecular formula is C22H24BrClN4S. The molecule has 2 atom stereocenters. The zero-order chi connectivity index (χ0) is 20.4. The molecule has 0 unspecified atom stereocenters. The second-order valence-electron chi connectivity index (χ2n) is 7.55. The van der Waals surface area contributed by atoms with Gasteiger partial charge in [0.15, 0.2) is 0 Å². The molecule has 0 aromatic heterocycles. The van der Waals surface area contributed by atoms with Crippen LogP contribution < -0.4 is 10.4 Å². The topological polar surface area (TPSA) is 30.9 Å². The van der Waals surface area contributed by atoms with Crippen LogP contribution in [0.4, 0.5) is 5.69 Å². The van der Waals surface area contributed by atoms with E-state index in [9.17, 15) is 0 Å². The van der Waals surface area contributed by atoms with Crippen LogP contribution in [0, 0.1) is 5.92 Å². The number of piperidine rings is 1. The zero-order valence-corrected chi connectivity index (χ0v) is 19.5. The minimum Gasteiger partial charge on any atom is -0.308 e. The van der Waals surface area contributed by atoms with Gasteiger partial charge in [-0.2, -0.15) is 5.10 Å². The van der Waals surface area contributed by atoms with Gasteiger partial charge in [-0.15, -0.1) is 0 Å². The highest BCUT2D eigenvalue weighted by molar-refractivity contribution is 9.10. The van der Waals surface area contributed by atoms with Gasteiger partial charge in [0.25, 0.3) is 0 Å². The third-order valence-corrected chi connectivity index (χ3v) is 6.69. The molecule has 0 radical (unpaired) electrons. The fraction of sp³-hybridized carbons (Fsp3) is 0.364. The first-order chi connectivity index (χ1) is 14.0. The van der Waals surface area contributed by atoms with Gasteiger partial charge >= 0.3 is 0 Å². The number of benzene rings is 2. The molecule has 0 spiro atoms. The molecule has 1 saturated heterocycles. The molecule has 4 rings (SSSR count). The number of nitrogens with zero attached hydrogens (tertiary/aromatic N) is 3. The highest BCUT2D eigenvalue weighted by Gasteiger charge is 2.38. The summed E-state index contributed by atoms with van der Waals surface area (Å²) in [5.41, 5.74) is 6.40. The van der Waals surface area contributed by atoms with Crippen LogP contribution in [0.5, 0.6) is 0 Å². The maximum atomic E-state index is 6.54. The van der Waals surface area contributed by atoms with E-state index >= 15 is 0 Å². The van der Waals surface area contributed by atoms with E-state index in [1.807, 2.05) is 29.3 Å². The van der Waals surface area contributed by atoms with Crippen LogP contribution in [0.25, 0.3) is 0 Å². The molecule has 0 saturated carbocycles. The zero-order valence-electron chi connectivity index (χ0n) is 16.3. The van der Waals surface area contributed by atoms with E-state index in [1.54, 1.807) is 0 Å². The largest absolute Gasteiger partial charge is 0.308 e. The van der Waals surface area contributed by atoms with E-state index in [4.69, 9.17) is 28.9 Å². The monoisotopic (exact) mass is 490 g/mol. The average molecular weight is 492 g/mol. The van der Waals surface area contributed by atoms with Gasteiger partial charge < -0.3 is 5.43 Å². The molecule has 152 valence electrons. The van der Waals surface area contributed by atoms with Gasteiger partial charge in [0.1, 0.15) is 10.7 Å². The summed E-state index contributed by atoms with van der Waals surface area (Å²) >= 11 is 15.8. The number of halogens is 2. The highest BCUT2D eigenvalue weighted by Crippen LogP contribution is 2.42. The van der Waals surface area contributed by atoms with Crippen molar-refractivity contribution in [1.82, 2.24) is 10.4 Å². The van der Waals surface area contributed by atoms with Gasteiger partial charge in [-0.1, -0.05) is 77.4 Å². The Hall–Kier alpha value is -1.47. The van der Waals surface area contributed by atoms with Crippen LogP contribution in [0.3, 0.4) is 0 Å². The summed E-state index contributed by atoms with van der Waals surface area (Å²) < 4.78 is 1.06. The van der Waals surface area contributed by atoms with Crippen molar-refractivity contribution in [1.29, 1.82) is 0 Å². The maximum absolute atomic E-state index is 6.54. The Morgan fingerprint density at radius 3 is 2.48 bits per heavy atom. The van der Waals surface area contributed by atoms with Crippen molar-refractivity contribution in [2.75, 3.05) is 18.1 Å². The molecule has 2 aromatic carbocycles. The van der Waals surface area contributed by atoms with Crippen LogP contribution >= 0.6 is 39.7 Å². The minimum atomic E-state index is 0.0269. The Morgan fingerprint density at radius 1 is 1.10 bits per heavy atom. The first-order valence-corrected chi connectivity index (χ1v) is 11.6. The molecule has 2 aromatic rings. The Morgan fingerprint density at radius 2 is 1.79 bits per heavy atom. The molecule has 1 fully saturated rings. The molecule has 0 aliphatic carbocycles. The van der Waals surface area contributed by atoms with Crippen LogP contribution in [-0.2, 0) is 0 Å². The van der Waals surface area contributed by atoms with Crippen LogP contribution in [0.1, 0.15) is 37.8 Å². The number of rotatable bonds is 4. The average Bonchev–Trinajstić information content (AvgIpc) is 3.07. The van der Waals surface area contributed by atoms with Gasteiger partial charge in [-0.05, 0) is 42.7 Å². The lowest BCUT2D eigenvalue weighted by Gasteiger charge is -2.29. The van der Waals surface area contributed by atoms with Gasteiger partial charge in [0.05, 0.1) is 16.8 Å². The van der Waals surface area contributed by atoms with Crippen molar-refractivity contribution in [3.05, 3.63) is 63.6 Å². The van der Waals surface area contributed by atoms with Crippen LogP contribution in [0.15, 0.2) is 58.1 Å². The second kappa shape index (κ2) is 9.13. The van der Waals surface area contributed by atoms with Crippen molar-refractivity contribution in [3.8, 4) is 0 Å². The smallest absolute Gasteiger partial charge is 0.137 e. The Balaban J connectivity index is 1.66. The molecule has 29 heavy (non-hydrogen) atoms. The van der Waals surface area contributed by atoms with E-state index in [-0.39, 0.29) is 12.0 Å². The van der Waals surface area contributed by atoms with Crippen molar-refractivity contribution in [2.45, 2.75) is 32.2 Å². The van der Waals surface area contributed by atoms with Crippen LogP contribution in [0.2, 0.25) is 5.02 Å². The van der Waals surface area contributed by atoms with E-state index in [1.165, 1.54) is 24.8 Å². The first kappa shape index (κ1) is 20.8. The van der Waals surface area contributed by atoms with E-state index in [2.05, 4.69) is 57.6 Å². The van der Waals surface area contributed by atoms with Gasteiger partial charge in [0, 0.05) is 23.5 Å². The molecule has 2 heterocycles. The summed E-state index contributed by atoms with van der Waals surface area (Å²) in [6.45, 7) is 4.23. The van der Waals surface area contributed by atoms with E-state index in [0.717, 1.165) is 29.0 Å². The lowest BCUT2D eigenvalue weighted by molar-refractivity contribution is 0.197. The second-order valence-corrected chi connectivity index (χ2v) is 9.29. The normalized spacial score (nSPS) is 22.4. The Labute approximate surface area is 191 Å². The standard InChI is InChI=1S/C22H24BrClN4S/c1-15-20(22(29)26-27-13-5-2-6-14-27)25-28(19-8-4-3-7-18(19)24)21(15)16-9-11-17(23)12-10-16/h3-4,7-12,15,21H,2,5-6,13-14H2,1H3,(H,26,29)/t15-,21-/m1/s1. The number of hydrazine groups is 1. The third kappa shape index (κ3) is 4.50. The number of para-hydroxylation sites is 1. The number of hydrazone groups is 1. The van der Waals surface area contributed by atoms with Crippen molar-refractivity contribution < 1.29 is 0 Å². The maximum Gasteiger partial charge on any atom is 0.137 e. The predicted octanol–water partition coefficient (Wildman–Crippen LogP) is 5.97. The fourth-order valence-corrected chi connectivity index (χ4v) is 4.86. The summed E-state index contributed by atoms with van der Waals surface area (Å²) in [6, 6.07) is 16.3. The first-order valence-electron chi connectivity index (χ1n) is 9.98. The minimum absolute atomic E-state index is 0.0269. The Bertz CT molecular complexity index is 911. The van der Waals surface area contributed by atoms with Gasteiger partial charge in [0.2, 0.25) is 0 Å². The molecule has 1 N–H and O–H groups in total. The third-order valence-electron chi connectivity index (χ3n) is 5.54. The molecule has 2 aliphatic rings. The van der Waals surface area contributed by atoms with Gasteiger partial charge in [-0.3, -0.25) is 5.01 Å². The number of nitrogens with one attached hydrogen (secondary N) is 1. The summed E-state index contributed by atoms with van der Waals surface area (Å²) in [5.74, 6) is 0.122. The number of thiocarbonyl (C=S) groups is 1. The number of hydrogen-bond acceptors (Lipinski definition) is 4.